The second-order valence-corrected chi connectivity index (χ2v) is 10.6. The van der Waals surface area contributed by atoms with E-state index < -0.39 is 9.84 Å². The first kappa shape index (κ1) is 19.9. The predicted molar refractivity (Wildman–Crippen MR) is 115 cm³/mol. The molecule has 150 valence electrons. The molecule has 1 N–H and O–H groups in total. The average Bonchev–Trinajstić information content (AvgIpc) is 3.28. The van der Waals surface area contributed by atoms with Crippen LogP contribution in [0.4, 0.5) is 5.13 Å². The largest absolute Gasteiger partial charge is 0.431 e. The topological polar surface area (TPSA) is 102 Å². The quantitative estimate of drug-likeness (QED) is 0.440. The maximum absolute atomic E-state index is 12.3. The molecule has 29 heavy (non-hydrogen) atoms. The van der Waals surface area contributed by atoms with E-state index in [1.54, 1.807) is 13.0 Å². The Hall–Kier alpha value is -2.43. The van der Waals surface area contributed by atoms with Gasteiger partial charge in [-0.1, -0.05) is 36.1 Å². The van der Waals surface area contributed by atoms with Gasteiger partial charge in [0.25, 0.3) is 5.22 Å². The number of nitrogens with one attached hydrogen (secondary N) is 1. The molecular formula is C19H17N3O4S3. The molecule has 0 aliphatic heterocycles. The highest BCUT2D eigenvalue weighted by Gasteiger charge is 2.16. The Kier molecular flexibility index (Phi) is 5.32. The fraction of sp³-hybridized carbons (Fsp3) is 0.211. The summed E-state index contributed by atoms with van der Waals surface area (Å²) in [4.78, 5) is 21.2. The average molecular weight is 448 g/mol. The smallest absolute Gasteiger partial charge is 0.257 e. The molecule has 10 heteroatoms. The minimum atomic E-state index is -3.31. The van der Waals surface area contributed by atoms with E-state index in [-0.39, 0.29) is 22.3 Å². The number of fused-ring (bicyclic) bond motifs is 2. The molecule has 0 fully saturated rings. The lowest BCUT2D eigenvalue weighted by atomic mass is 10.2. The van der Waals surface area contributed by atoms with Crippen LogP contribution in [0.25, 0.3) is 21.3 Å². The summed E-state index contributed by atoms with van der Waals surface area (Å²) in [5, 5.41) is 3.64. The Morgan fingerprint density at radius 1 is 1.17 bits per heavy atom. The molecular weight excluding hydrogens is 430 g/mol. The van der Waals surface area contributed by atoms with Crippen molar-refractivity contribution in [1.82, 2.24) is 9.97 Å². The molecule has 0 radical (unpaired) electrons. The number of benzene rings is 2. The van der Waals surface area contributed by atoms with E-state index in [0.29, 0.717) is 21.5 Å². The summed E-state index contributed by atoms with van der Waals surface area (Å²) in [6.45, 7) is 3.60. The van der Waals surface area contributed by atoms with Gasteiger partial charge >= 0.3 is 0 Å². The number of nitrogens with zero attached hydrogens (tertiary/aromatic N) is 2. The van der Waals surface area contributed by atoms with Gasteiger partial charge in [0.05, 0.1) is 26.6 Å². The van der Waals surface area contributed by atoms with Crippen molar-refractivity contribution in [1.29, 1.82) is 0 Å². The van der Waals surface area contributed by atoms with E-state index in [9.17, 15) is 13.2 Å². The molecule has 0 bridgehead atoms. The molecule has 2 aromatic carbocycles. The normalized spacial score (nSPS) is 11.9. The van der Waals surface area contributed by atoms with Crippen LogP contribution in [0.3, 0.4) is 0 Å². The zero-order valence-corrected chi connectivity index (χ0v) is 18.1. The van der Waals surface area contributed by atoms with E-state index in [0.717, 1.165) is 27.5 Å². The zero-order valence-electron chi connectivity index (χ0n) is 15.6. The van der Waals surface area contributed by atoms with Crippen molar-refractivity contribution in [3.05, 3.63) is 42.0 Å². The Morgan fingerprint density at radius 2 is 2.00 bits per heavy atom. The Balaban J connectivity index is 1.43. The van der Waals surface area contributed by atoms with E-state index in [1.807, 2.05) is 25.1 Å². The number of amides is 1. The summed E-state index contributed by atoms with van der Waals surface area (Å²) >= 11 is 2.56. The molecule has 0 saturated carbocycles. The number of sulfone groups is 1. The van der Waals surface area contributed by atoms with Gasteiger partial charge in [0.1, 0.15) is 5.52 Å². The number of oxazole rings is 1. The van der Waals surface area contributed by atoms with Crippen LogP contribution in [0.5, 0.6) is 0 Å². The third-order valence-electron chi connectivity index (χ3n) is 4.20. The number of carbonyl (C=O) groups is 1. The molecule has 2 heterocycles. The van der Waals surface area contributed by atoms with Crippen LogP contribution in [0.15, 0.2) is 50.9 Å². The molecule has 4 aromatic rings. The van der Waals surface area contributed by atoms with Crippen molar-refractivity contribution in [3.63, 3.8) is 0 Å². The molecule has 2 aromatic heterocycles. The summed E-state index contributed by atoms with van der Waals surface area (Å²) in [5.41, 5.74) is 2.91. The van der Waals surface area contributed by atoms with Crippen LogP contribution in [-0.2, 0) is 14.6 Å². The molecule has 0 saturated heterocycles. The van der Waals surface area contributed by atoms with Gasteiger partial charge < -0.3 is 9.73 Å². The number of rotatable bonds is 6. The molecule has 7 nitrogen and oxygen atoms in total. The van der Waals surface area contributed by atoms with Crippen molar-refractivity contribution < 1.29 is 17.6 Å². The third kappa shape index (κ3) is 4.29. The van der Waals surface area contributed by atoms with Crippen LogP contribution in [0, 0.1) is 6.92 Å². The fourth-order valence-corrected chi connectivity index (χ4v) is 5.19. The van der Waals surface area contributed by atoms with E-state index in [1.165, 1.54) is 23.5 Å². The van der Waals surface area contributed by atoms with Crippen LogP contribution < -0.4 is 5.32 Å². The number of carbonyl (C=O) groups excluding carboxylic acids is 1. The van der Waals surface area contributed by atoms with Gasteiger partial charge in [-0.3, -0.25) is 4.79 Å². The van der Waals surface area contributed by atoms with Crippen LogP contribution in [0.2, 0.25) is 0 Å². The lowest BCUT2D eigenvalue weighted by Gasteiger charge is -1.99. The monoisotopic (exact) mass is 447 g/mol. The number of thiazole rings is 1. The van der Waals surface area contributed by atoms with Gasteiger partial charge in [-0.25, -0.2) is 18.4 Å². The van der Waals surface area contributed by atoms with Gasteiger partial charge in [0.2, 0.25) is 5.91 Å². The van der Waals surface area contributed by atoms with E-state index >= 15 is 0 Å². The van der Waals surface area contributed by atoms with Gasteiger partial charge in [-0.2, -0.15) is 0 Å². The number of thioether (sulfide) groups is 1. The Bertz CT molecular complexity index is 1330. The van der Waals surface area contributed by atoms with Gasteiger partial charge in [-0.05, 0) is 42.8 Å². The van der Waals surface area contributed by atoms with Crippen molar-refractivity contribution >= 4 is 65.3 Å². The molecule has 0 aliphatic carbocycles. The summed E-state index contributed by atoms with van der Waals surface area (Å²) < 4.78 is 30.6. The van der Waals surface area contributed by atoms with Crippen LogP contribution in [-0.4, -0.2) is 35.8 Å². The molecule has 0 atom stereocenters. The summed E-state index contributed by atoms with van der Waals surface area (Å²) in [6, 6.07) is 10.5. The molecule has 0 aliphatic rings. The third-order valence-corrected chi connectivity index (χ3v) is 7.69. The second-order valence-electron chi connectivity index (χ2n) is 6.34. The fourth-order valence-electron chi connectivity index (χ4n) is 2.68. The lowest BCUT2D eigenvalue weighted by molar-refractivity contribution is -0.113. The van der Waals surface area contributed by atoms with Crippen molar-refractivity contribution in [2.24, 2.45) is 0 Å². The van der Waals surface area contributed by atoms with Crippen molar-refractivity contribution in [2.45, 2.75) is 24.0 Å². The number of hydrogen-bond acceptors (Lipinski definition) is 8. The minimum absolute atomic E-state index is 0.0173. The summed E-state index contributed by atoms with van der Waals surface area (Å²) in [6.07, 6.45) is 0. The van der Waals surface area contributed by atoms with E-state index in [4.69, 9.17) is 4.42 Å². The maximum Gasteiger partial charge on any atom is 0.257 e. The minimum Gasteiger partial charge on any atom is -0.431 e. The maximum atomic E-state index is 12.3. The predicted octanol–water partition coefficient (Wildman–Crippen LogP) is 4.27. The number of hydrogen-bond donors (Lipinski definition) is 1. The van der Waals surface area contributed by atoms with Crippen LogP contribution in [0.1, 0.15) is 12.5 Å². The first-order valence-electron chi connectivity index (χ1n) is 8.77. The van der Waals surface area contributed by atoms with E-state index in [2.05, 4.69) is 15.3 Å². The highest BCUT2D eigenvalue weighted by molar-refractivity contribution is 7.99. The molecule has 0 spiro atoms. The first-order valence-corrected chi connectivity index (χ1v) is 12.2. The number of aryl methyl sites for hydroxylation is 1. The number of anilines is 1. The SMILES string of the molecule is CCS(=O)(=O)c1ccc2oc(SCC(=O)Nc3nc4ccc(C)cc4s3)nc2c1. The molecule has 4 rings (SSSR count). The van der Waals surface area contributed by atoms with Crippen molar-refractivity contribution in [2.75, 3.05) is 16.8 Å². The van der Waals surface area contributed by atoms with Gasteiger partial charge in [0.15, 0.2) is 20.6 Å². The van der Waals surface area contributed by atoms with Gasteiger partial charge in [0, 0.05) is 0 Å². The highest BCUT2D eigenvalue weighted by atomic mass is 32.2. The standard InChI is InChI=1S/C19H17N3O4S3/c1-3-29(24,25)12-5-7-15-14(9-12)21-19(26-15)27-10-17(23)22-18-20-13-6-4-11(2)8-16(13)28-18/h4-9H,3,10H2,1-2H3,(H,20,22,23). The second kappa shape index (κ2) is 7.77. The lowest BCUT2D eigenvalue weighted by Crippen LogP contribution is -2.13. The summed E-state index contributed by atoms with van der Waals surface area (Å²) in [5.74, 6) is -0.104. The molecule has 1 amide bonds. The summed E-state index contributed by atoms with van der Waals surface area (Å²) in [7, 11) is -3.31. The zero-order chi connectivity index (χ0) is 20.6. The first-order chi connectivity index (χ1) is 13.8. The van der Waals surface area contributed by atoms with Crippen molar-refractivity contribution in [3.8, 4) is 0 Å². The highest BCUT2D eigenvalue weighted by Crippen LogP contribution is 2.28. The number of aromatic nitrogens is 2. The Morgan fingerprint density at radius 3 is 2.79 bits per heavy atom. The Labute approximate surface area is 175 Å². The van der Waals surface area contributed by atoms with Crippen LogP contribution >= 0.6 is 23.1 Å². The van der Waals surface area contributed by atoms with Gasteiger partial charge in [-0.15, -0.1) is 0 Å². The molecule has 0 unspecified atom stereocenters.